The van der Waals surface area contributed by atoms with Crippen molar-refractivity contribution in [2.75, 3.05) is 11.4 Å². The number of benzene rings is 1. The van der Waals surface area contributed by atoms with Crippen molar-refractivity contribution in [3.05, 3.63) is 29.3 Å². The molecule has 1 amide bonds. The Bertz CT molecular complexity index is 479. The lowest BCUT2D eigenvalue weighted by Crippen LogP contribution is -2.40. The lowest BCUT2D eigenvalue weighted by Gasteiger charge is -2.31. The predicted octanol–water partition coefficient (Wildman–Crippen LogP) is 2.04. The maximum Gasteiger partial charge on any atom is 0.236 e. The summed E-state index contributed by atoms with van der Waals surface area (Å²) in [4.78, 5) is 24.5. The number of hydrogen-bond donors (Lipinski definition) is 1. The van der Waals surface area contributed by atoms with Crippen LogP contribution in [-0.4, -0.2) is 24.8 Å². The molecule has 0 radical (unpaired) electrons. The van der Waals surface area contributed by atoms with Crippen molar-refractivity contribution in [2.24, 2.45) is 5.73 Å². The second-order valence-corrected chi connectivity index (χ2v) is 5.21. The molecule has 2 N–H and O–H groups in total. The van der Waals surface area contributed by atoms with Gasteiger partial charge in [-0.2, -0.15) is 0 Å². The highest BCUT2D eigenvalue weighted by atomic mass is 16.1. The van der Waals surface area contributed by atoms with Gasteiger partial charge in [-0.25, -0.2) is 0 Å². The topological polar surface area (TPSA) is 63.4 Å². The quantitative estimate of drug-likeness (QED) is 0.824. The molecule has 102 valence electrons. The van der Waals surface area contributed by atoms with Crippen LogP contribution >= 0.6 is 0 Å². The Kier molecular flexibility index (Phi) is 4.20. The number of nitrogens with two attached hydrogens (primary N) is 1. The largest absolute Gasteiger partial charge is 0.368 e. The van der Waals surface area contributed by atoms with E-state index < -0.39 is 0 Å². The van der Waals surface area contributed by atoms with Gasteiger partial charge in [0.2, 0.25) is 5.91 Å². The van der Waals surface area contributed by atoms with Gasteiger partial charge in [0, 0.05) is 17.3 Å². The number of rotatable bonds is 5. The summed E-state index contributed by atoms with van der Waals surface area (Å²) < 4.78 is 0. The van der Waals surface area contributed by atoms with E-state index in [0.717, 1.165) is 30.4 Å². The van der Waals surface area contributed by atoms with Gasteiger partial charge in [0.05, 0.1) is 6.54 Å². The number of carbonyl (C=O) groups is 2. The number of nitrogens with zero attached hydrogens (tertiary/aromatic N) is 1. The molecule has 1 aromatic rings. The zero-order chi connectivity index (χ0) is 13.8. The van der Waals surface area contributed by atoms with Crippen molar-refractivity contribution in [3.63, 3.8) is 0 Å². The highest BCUT2D eigenvalue weighted by molar-refractivity contribution is 5.87. The van der Waals surface area contributed by atoms with E-state index in [9.17, 15) is 9.59 Å². The van der Waals surface area contributed by atoms with E-state index in [1.165, 1.54) is 12.8 Å². The average Bonchev–Trinajstić information content (AvgIpc) is 2.89. The Morgan fingerprint density at radius 2 is 2.11 bits per heavy atom. The molecule has 0 unspecified atom stereocenters. The van der Waals surface area contributed by atoms with Gasteiger partial charge in [-0.3, -0.25) is 9.59 Å². The first kappa shape index (κ1) is 13.6. The monoisotopic (exact) mass is 260 g/mol. The van der Waals surface area contributed by atoms with Crippen LogP contribution < -0.4 is 10.6 Å². The average molecular weight is 260 g/mol. The fourth-order valence-corrected chi connectivity index (χ4v) is 2.82. The molecule has 0 aromatic heterocycles. The third-order valence-corrected chi connectivity index (χ3v) is 3.71. The van der Waals surface area contributed by atoms with Crippen molar-refractivity contribution in [2.45, 2.75) is 38.6 Å². The van der Waals surface area contributed by atoms with Gasteiger partial charge < -0.3 is 10.6 Å². The van der Waals surface area contributed by atoms with Crippen LogP contribution in [-0.2, 0) is 4.79 Å². The molecule has 4 heteroatoms. The number of carbonyl (C=O) groups excluding carboxylic acids is 2. The Morgan fingerprint density at radius 3 is 2.68 bits per heavy atom. The van der Waals surface area contributed by atoms with Crippen LogP contribution in [0.25, 0.3) is 0 Å². The lowest BCUT2D eigenvalue weighted by molar-refractivity contribution is -0.116. The number of aryl methyl sites for hydroxylation is 1. The van der Waals surface area contributed by atoms with Crippen LogP contribution in [0.5, 0.6) is 0 Å². The molecule has 1 aliphatic carbocycles. The van der Waals surface area contributed by atoms with Gasteiger partial charge in [-0.15, -0.1) is 0 Å². The highest BCUT2D eigenvalue weighted by Gasteiger charge is 2.25. The lowest BCUT2D eigenvalue weighted by atomic mass is 10.1. The number of primary amides is 1. The van der Waals surface area contributed by atoms with Crippen LogP contribution in [0, 0.1) is 6.92 Å². The summed E-state index contributed by atoms with van der Waals surface area (Å²) in [7, 11) is 0. The molecule has 4 nitrogen and oxygen atoms in total. The van der Waals surface area contributed by atoms with Gasteiger partial charge in [0.15, 0.2) is 6.29 Å². The molecular formula is C15H20N2O2. The Hall–Kier alpha value is -1.84. The van der Waals surface area contributed by atoms with Gasteiger partial charge in [0.1, 0.15) is 0 Å². The van der Waals surface area contributed by atoms with Crippen LogP contribution in [0.15, 0.2) is 18.2 Å². The van der Waals surface area contributed by atoms with E-state index >= 15 is 0 Å². The smallest absolute Gasteiger partial charge is 0.236 e. The van der Waals surface area contributed by atoms with Gasteiger partial charge in [-0.05, 0) is 31.9 Å². The van der Waals surface area contributed by atoms with Crippen LogP contribution in [0.4, 0.5) is 5.69 Å². The van der Waals surface area contributed by atoms with E-state index in [4.69, 9.17) is 5.73 Å². The third kappa shape index (κ3) is 3.13. The fraction of sp³-hybridized carbons (Fsp3) is 0.467. The molecular weight excluding hydrogens is 240 g/mol. The molecule has 1 saturated carbocycles. The minimum atomic E-state index is -0.357. The Balaban J connectivity index is 2.36. The molecule has 1 aliphatic rings. The van der Waals surface area contributed by atoms with Crippen molar-refractivity contribution in [3.8, 4) is 0 Å². The highest BCUT2D eigenvalue weighted by Crippen LogP contribution is 2.30. The fourth-order valence-electron chi connectivity index (χ4n) is 2.82. The molecule has 0 saturated heterocycles. The van der Waals surface area contributed by atoms with E-state index in [1.54, 1.807) is 0 Å². The first-order chi connectivity index (χ1) is 9.11. The van der Waals surface area contributed by atoms with Crippen molar-refractivity contribution < 1.29 is 9.59 Å². The summed E-state index contributed by atoms with van der Waals surface area (Å²) in [5, 5.41) is 0. The normalized spacial score (nSPS) is 15.4. The van der Waals surface area contributed by atoms with Crippen LogP contribution in [0.1, 0.15) is 41.6 Å². The molecule has 0 spiro atoms. The molecule has 0 bridgehead atoms. The number of aldehydes is 1. The van der Waals surface area contributed by atoms with Crippen molar-refractivity contribution >= 4 is 17.9 Å². The summed E-state index contributed by atoms with van der Waals surface area (Å²) in [6.45, 7) is 2.12. The van der Waals surface area contributed by atoms with E-state index in [0.29, 0.717) is 11.6 Å². The first-order valence-electron chi connectivity index (χ1n) is 6.72. The maximum absolute atomic E-state index is 11.3. The standard InChI is InChI=1S/C15H20N2O2/c1-11-6-7-14(12(8-11)10-18)17(9-15(16)19)13-4-2-3-5-13/h6-8,10,13H,2-5,9H2,1H3,(H2,16,19). The van der Waals surface area contributed by atoms with E-state index in [1.807, 2.05) is 30.0 Å². The van der Waals surface area contributed by atoms with Crippen molar-refractivity contribution in [1.82, 2.24) is 0 Å². The number of amides is 1. The summed E-state index contributed by atoms with van der Waals surface area (Å²) >= 11 is 0. The van der Waals surface area contributed by atoms with Crippen molar-refractivity contribution in [1.29, 1.82) is 0 Å². The SMILES string of the molecule is Cc1ccc(N(CC(N)=O)C2CCCC2)c(C=O)c1. The van der Waals surface area contributed by atoms with Gasteiger partial charge in [0.25, 0.3) is 0 Å². The molecule has 0 aliphatic heterocycles. The van der Waals surface area contributed by atoms with Crippen LogP contribution in [0.3, 0.4) is 0 Å². The minimum Gasteiger partial charge on any atom is -0.368 e. The minimum absolute atomic E-state index is 0.175. The summed E-state index contributed by atoms with van der Waals surface area (Å²) in [6.07, 6.45) is 5.30. The molecule has 1 fully saturated rings. The maximum atomic E-state index is 11.3. The summed E-state index contributed by atoms with van der Waals surface area (Å²) in [5.41, 5.74) is 7.85. The van der Waals surface area contributed by atoms with Gasteiger partial charge >= 0.3 is 0 Å². The second kappa shape index (κ2) is 5.87. The van der Waals surface area contributed by atoms with Gasteiger partial charge in [-0.1, -0.05) is 24.5 Å². The Labute approximate surface area is 113 Å². The molecule has 0 heterocycles. The molecule has 1 aromatic carbocycles. The number of anilines is 1. The third-order valence-electron chi connectivity index (χ3n) is 3.71. The molecule has 19 heavy (non-hydrogen) atoms. The molecule has 0 atom stereocenters. The Morgan fingerprint density at radius 1 is 1.42 bits per heavy atom. The zero-order valence-electron chi connectivity index (χ0n) is 11.3. The number of hydrogen-bond acceptors (Lipinski definition) is 3. The second-order valence-electron chi connectivity index (χ2n) is 5.21. The van der Waals surface area contributed by atoms with E-state index in [-0.39, 0.29) is 12.5 Å². The zero-order valence-corrected chi connectivity index (χ0v) is 11.3. The predicted molar refractivity (Wildman–Crippen MR) is 75.4 cm³/mol. The van der Waals surface area contributed by atoms with E-state index in [2.05, 4.69) is 0 Å². The summed E-state index contributed by atoms with van der Waals surface area (Å²) in [6, 6.07) is 6.05. The first-order valence-corrected chi connectivity index (χ1v) is 6.72. The molecule has 2 rings (SSSR count). The van der Waals surface area contributed by atoms with Crippen LogP contribution in [0.2, 0.25) is 0 Å². The summed E-state index contributed by atoms with van der Waals surface area (Å²) in [5.74, 6) is -0.357.